The number of benzene rings is 1. The summed E-state index contributed by atoms with van der Waals surface area (Å²) in [5.41, 5.74) is 1.64. The number of hydrogen-bond acceptors (Lipinski definition) is 7. The average Bonchev–Trinajstić information content (AvgIpc) is 3.46. The van der Waals surface area contributed by atoms with Gasteiger partial charge in [-0.15, -0.1) is 0 Å². The Morgan fingerprint density at radius 3 is 2.55 bits per heavy atom. The van der Waals surface area contributed by atoms with Gasteiger partial charge >= 0.3 is 0 Å². The molecule has 1 aromatic heterocycles. The lowest BCUT2D eigenvalue weighted by molar-refractivity contribution is -0.144. The molecule has 0 N–H and O–H groups in total. The van der Waals surface area contributed by atoms with E-state index in [0.29, 0.717) is 18.8 Å². The first-order chi connectivity index (χ1) is 15.1. The topological polar surface area (TPSA) is 93.8 Å². The second-order valence-electron chi connectivity index (χ2n) is 6.99. The van der Waals surface area contributed by atoms with Gasteiger partial charge in [0, 0.05) is 27.2 Å². The molecule has 9 heteroatoms. The number of hydrogen-bond donors (Lipinski definition) is 0. The van der Waals surface area contributed by atoms with Crippen LogP contribution in [0.1, 0.15) is 23.8 Å². The van der Waals surface area contributed by atoms with E-state index in [0.717, 1.165) is 17.0 Å². The van der Waals surface area contributed by atoms with E-state index in [9.17, 15) is 9.59 Å². The van der Waals surface area contributed by atoms with Crippen molar-refractivity contribution in [1.29, 1.82) is 0 Å². The van der Waals surface area contributed by atoms with Crippen LogP contribution in [0.25, 0.3) is 0 Å². The van der Waals surface area contributed by atoms with Gasteiger partial charge in [0.25, 0.3) is 5.91 Å². The van der Waals surface area contributed by atoms with Crippen molar-refractivity contribution >= 4 is 17.5 Å². The molecule has 0 fully saturated rings. The molecule has 0 radical (unpaired) electrons. The van der Waals surface area contributed by atoms with Crippen LogP contribution in [0.15, 0.2) is 52.2 Å². The van der Waals surface area contributed by atoms with Crippen molar-refractivity contribution in [3.05, 3.63) is 54.0 Å². The van der Waals surface area contributed by atoms with Crippen LogP contribution in [0, 0.1) is 0 Å². The lowest BCUT2D eigenvalue weighted by Gasteiger charge is -2.25. The second-order valence-corrected chi connectivity index (χ2v) is 6.99. The highest BCUT2D eigenvalue weighted by atomic mass is 16.5. The smallest absolute Gasteiger partial charge is 0.262 e. The highest BCUT2D eigenvalue weighted by molar-refractivity contribution is 6.03. The number of hydrazone groups is 1. The third-order valence-corrected chi connectivity index (χ3v) is 4.97. The summed E-state index contributed by atoms with van der Waals surface area (Å²) in [4.78, 5) is 27.0. The molecule has 2 heterocycles. The lowest BCUT2D eigenvalue weighted by Crippen LogP contribution is -2.44. The van der Waals surface area contributed by atoms with Crippen molar-refractivity contribution < 1.29 is 28.2 Å². The fraction of sp³-hybridized carbons (Fsp3) is 0.409. The number of methoxy groups -OCH3 is 3. The van der Waals surface area contributed by atoms with Crippen molar-refractivity contribution in [1.82, 2.24) is 9.91 Å². The fourth-order valence-electron chi connectivity index (χ4n) is 3.34. The van der Waals surface area contributed by atoms with Gasteiger partial charge in [-0.1, -0.05) is 0 Å². The molecule has 1 aromatic carbocycles. The first-order valence-electron chi connectivity index (χ1n) is 9.90. The Morgan fingerprint density at radius 2 is 1.94 bits per heavy atom. The third-order valence-electron chi connectivity index (χ3n) is 4.97. The molecule has 1 aliphatic heterocycles. The predicted molar refractivity (Wildman–Crippen MR) is 113 cm³/mol. The summed E-state index contributed by atoms with van der Waals surface area (Å²) >= 11 is 0. The number of amides is 2. The molecule has 0 saturated heterocycles. The van der Waals surface area contributed by atoms with Crippen LogP contribution >= 0.6 is 0 Å². The molecular formula is C22H27N3O6. The van der Waals surface area contributed by atoms with Crippen LogP contribution in [0.4, 0.5) is 0 Å². The molecule has 2 amide bonds. The van der Waals surface area contributed by atoms with Gasteiger partial charge in [-0.25, -0.2) is 5.01 Å². The zero-order valence-electron chi connectivity index (χ0n) is 17.9. The van der Waals surface area contributed by atoms with Gasteiger partial charge in [-0.05, 0) is 42.0 Å². The maximum absolute atomic E-state index is 13.2. The number of nitrogens with zero attached hydrogens (tertiary/aromatic N) is 3. The van der Waals surface area contributed by atoms with E-state index in [2.05, 4.69) is 5.10 Å². The van der Waals surface area contributed by atoms with Gasteiger partial charge < -0.3 is 23.5 Å². The van der Waals surface area contributed by atoms with Crippen molar-refractivity contribution in [2.45, 2.75) is 12.5 Å². The average molecular weight is 429 g/mol. The zero-order chi connectivity index (χ0) is 22.2. The van der Waals surface area contributed by atoms with E-state index in [1.54, 1.807) is 26.5 Å². The van der Waals surface area contributed by atoms with E-state index >= 15 is 0 Å². The van der Waals surface area contributed by atoms with Crippen molar-refractivity contribution in [2.75, 3.05) is 47.6 Å². The van der Waals surface area contributed by atoms with E-state index in [1.807, 2.05) is 30.3 Å². The summed E-state index contributed by atoms with van der Waals surface area (Å²) in [5, 5.41) is 5.99. The van der Waals surface area contributed by atoms with Gasteiger partial charge in [-0.3, -0.25) is 9.59 Å². The van der Waals surface area contributed by atoms with Gasteiger partial charge in [0.2, 0.25) is 5.91 Å². The van der Waals surface area contributed by atoms with Gasteiger partial charge in [0.05, 0.1) is 25.7 Å². The van der Waals surface area contributed by atoms with Gasteiger partial charge in [0.15, 0.2) is 0 Å². The summed E-state index contributed by atoms with van der Waals surface area (Å²) < 4.78 is 20.8. The summed E-state index contributed by atoms with van der Waals surface area (Å²) in [6, 6.07) is 10.7. The van der Waals surface area contributed by atoms with Crippen LogP contribution in [0.5, 0.6) is 5.75 Å². The minimum absolute atomic E-state index is 0.112. The standard InChI is InChI=1S/C22H27N3O6/c1-28-12-10-24(22(27)15-29-2)14-21(26)25-19(20-5-4-11-31-20)13-18(23-25)16-6-8-17(30-3)9-7-16/h4-9,11,19H,10,12-15H2,1-3H3. The molecule has 3 rings (SSSR count). The van der Waals surface area contributed by atoms with Crippen molar-refractivity contribution in [3.63, 3.8) is 0 Å². The predicted octanol–water partition coefficient (Wildman–Crippen LogP) is 2.09. The summed E-state index contributed by atoms with van der Waals surface area (Å²) in [5.74, 6) is 0.766. The van der Waals surface area contributed by atoms with E-state index in [-0.39, 0.29) is 37.6 Å². The molecule has 0 aliphatic carbocycles. The van der Waals surface area contributed by atoms with E-state index in [4.69, 9.17) is 18.6 Å². The van der Waals surface area contributed by atoms with E-state index < -0.39 is 0 Å². The molecule has 1 aliphatic rings. The van der Waals surface area contributed by atoms with Crippen LogP contribution in [-0.4, -0.2) is 75.1 Å². The minimum Gasteiger partial charge on any atom is -0.497 e. The highest BCUT2D eigenvalue weighted by Gasteiger charge is 2.35. The number of carbonyl (C=O) groups is 2. The highest BCUT2D eigenvalue weighted by Crippen LogP contribution is 2.33. The fourth-order valence-corrected chi connectivity index (χ4v) is 3.34. The molecule has 0 saturated carbocycles. The number of ether oxygens (including phenoxy) is 3. The van der Waals surface area contributed by atoms with Crippen LogP contribution < -0.4 is 4.74 Å². The Bertz CT molecular complexity index is 894. The van der Waals surface area contributed by atoms with Gasteiger partial charge in [-0.2, -0.15) is 5.10 Å². The molecular weight excluding hydrogens is 402 g/mol. The minimum atomic E-state index is -0.388. The van der Waals surface area contributed by atoms with Crippen molar-refractivity contribution in [3.8, 4) is 5.75 Å². The van der Waals surface area contributed by atoms with Crippen LogP contribution in [0.3, 0.4) is 0 Å². The summed E-state index contributed by atoms with van der Waals surface area (Å²) in [6.45, 7) is 0.338. The molecule has 0 spiro atoms. The van der Waals surface area contributed by atoms with Gasteiger partial charge in [0.1, 0.15) is 30.7 Å². The number of furan rings is 1. The maximum atomic E-state index is 13.2. The van der Waals surface area contributed by atoms with E-state index in [1.165, 1.54) is 17.0 Å². The molecule has 9 nitrogen and oxygen atoms in total. The molecule has 166 valence electrons. The first kappa shape index (κ1) is 22.5. The Morgan fingerprint density at radius 1 is 1.16 bits per heavy atom. The first-order valence-corrected chi connectivity index (χ1v) is 9.90. The lowest BCUT2D eigenvalue weighted by atomic mass is 10.0. The Hall–Kier alpha value is -3.17. The third kappa shape index (κ3) is 5.50. The summed E-state index contributed by atoms with van der Waals surface area (Å²) in [7, 11) is 4.59. The number of rotatable bonds is 10. The second kappa shape index (κ2) is 10.7. The normalized spacial score (nSPS) is 15.6. The molecule has 2 aromatic rings. The Labute approximate surface area is 181 Å². The molecule has 1 unspecified atom stereocenters. The molecule has 1 atom stereocenters. The van der Waals surface area contributed by atoms with Crippen LogP contribution in [0.2, 0.25) is 0 Å². The maximum Gasteiger partial charge on any atom is 0.262 e. The molecule has 0 bridgehead atoms. The number of carbonyl (C=O) groups excluding carboxylic acids is 2. The monoisotopic (exact) mass is 429 g/mol. The van der Waals surface area contributed by atoms with Crippen LogP contribution in [-0.2, 0) is 19.1 Å². The quantitative estimate of drug-likeness (QED) is 0.574. The zero-order valence-corrected chi connectivity index (χ0v) is 17.9. The summed E-state index contributed by atoms with van der Waals surface area (Å²) in [6.07, 6.45) is 2.06. The Balaban J connectivity index is 1.83. The SMILES string of the molecule is COCCN(CC(=O)N1N=C(c2ccc(OC)cc2)CC1c1ccco1)C(=O)COC. The largest absolute Gasteiger partial charge is 0.497 e. The molecule has 31 heavy (non-hydrogen) atoms. The van der Waals surface area contributed by atoms with Crippen molar-refractivity contribution in [2.24, 2.45) is 5.10 Å². The Kier molecular flexibility index (Phi) is 7.80.